The first-order chi connectivity index (χ1) is 7.70. The van der Waals surface area contributed by atoms with Gasteiger partial charge in [0.15, 0.2) is 0 Å². The van der Waals surface area contributed by atoms with Gasteiger partial charge in [-0.05, 0) is 48.9 Å². The second kappa shape index (κ2) is 4.36. The molecule has 0 saturated heterocycles. The van der Waals surface area contributed by atoms with Crippen molar-refractivity contribution in [1.82, 2.24) is 0 Å². The number of aryl methyl sites for hydroxylation is 2. The van der Waals surface area contributed by atoms with Crippen molar-refractivity contribution in [2.75, 3.05) is 5.32 Å². The van der Waals surface area contributed by atoms with Gasteiger partial charge in [0.05, 0.1) is 6.07 Å². The molecule has 1 aliphatic carbocycles. The maximum Gasteiger partial charge on any atom is 0.238 e. The highest BCUT2D eigenvalue weighted by atomic mass is 16.1. The van der Waals surface area contributed by atoms with Crippen LogP contribution in [0.15, 0.2) is 12.1 Å². The number of hydrogen-bond donors (Lipinski definition) is 1. The Morgan fingerprint density at radius 2 is 2.31 bits per heavy atom. The number of carbonyl (C=O) groups excluding carboxylic acids is 1. The molecule has 3 heteroatoms. The molecule has 0 fully saturated rings. The molecule has 1 N–H and O–H groups in total. The number of fused-ring (bicyclic) bond motifs is 1. The highest BCUT2D eigenvalue weighted by Gasteiger charge is 2.16. The van der Waals surface area contributed by atoms with Gasteiger partial charge in [-0.25, -0.2) is 0 Å². The lowest BCUT2D eigenvalue weighted by molar-refractivity contribution is -0.115. The summed E-state index contributed by atoms with van der Waals surface area (Å²) in [6.45, 7) is 2.03. The first-order valence-electron chi connectivity index (χ1n) is 5.50. The number of benzene rings is 1. The van der Waals surface area contributed by atoms with E-state index in [1.54, 1.807) is 0 Å². The molecule has 3 nitrogen and oxygen atoms in total. The number of amides is 1. The van der Waals surface area contributed by atoms with Gasteiger partial charge in [-0.2, -0.15) is 5.26 Å². The Morgan fingerprint density at radius 1 is 1.50 bits per heavy atom. The van der Waals surface area contributed by atoms with Crippen LogP contribution in [0.3, 0.4) is 0 Å². The molecule has 0 radical (unpaired) electrons. The molecule has 0 spiro atoms. The summed E-state index contributed by atoms with van der Waals surface area (Å²) in [4.78, 5) is 11.4. The third kappa shape index (κ3) is 2.06. The third-order valence-electron chi connectivity index (χ3n) is 2.87. The average molecular weight is 214 g/mol. The van der Waals surface area contributed by atoms with Crippen molar-refractivity contribution >= 4 is 11.6 Å². The summed E-state index contributed by atoms with van der Waals surface area (Å²) in [5.74, 6) is -0.220. The highest BCUT2D eigenvalue weighted by Crippen LogP contribution is 2.30. The van der Waals surface area contributed by atoms with Gasteiger partial charge in [0.2, 0.25) is 5.91 Å². The van der Waals surface area contributed by atoms with Crippen molar-refractivity contribution in [3.05, 3.63) is 28.8 Å². The zero-order valence-electron chi connectivity index (χ0n) is 9.34. The van der Waals surface area contributed by atoms with E-state index in [4.69, 9.17) is 5.26 Å². The summed E-state index contributed by atoms with van der Waals surface area (Å²) in [5.41, 5.74) is 4.64. The second-order valence-corrected chi connectivity index (χ2v) is 4.19. The summed E-state index contributed by atoms with van der Waals surface area (Å²) in [6, 6.07) is 6.03. The van der Waals surface area contributed by atoms with Crippen molar-refractivity contribution in [1.29, 1.82) is 5.26 Å². The molecule has 82 valence electrons. The SMILES string of the molecule is Cc1cc2c(c(NC(=O)CC#N)c1)CCC2. The van der Waals surface area contributed by atoms with E-state index in [0.29, 0.717) is 0 Å². The summed E-state index contributed by atoms with van der Waals surface area (Å²) >= 11 is 0. The molecule has 0 heterocycles. The zero-order chi connectivity index (χ0) is 11.5. The van der Waals surface area contributed by atoms with E-state index in [2.05, 4.69) is 11.4 Å². The second-order valence-electron chi connectivity index (χ2n) is 4.19. The molecule has 0 bridgehead atoms. The Bertz CT molecular complexity index is 472. The first-order valence-corrected chi connectivity index (χ1v) is 5.50. The van der Waals surface area contributed by atoms with E-state index in [-0.39, 0.29) is 12.3 Å². The minimum atomic E-state index is -0.220. The Hall–Kier alpha value is -1.82. The fourth-order valence-electron chi connectivity index (χ4n) is 2.24. The van der Waals surface area contributed by atoms with Gasteiger partial charge in [-0.1, -0.05) is 6.07 Å². The number of nitrogens with zero attached hydrogens (tertiary/aromatic N) is 1. The van der Waals surface area contributed by atoms with Crippen LogP contribution in [0.1, 0.15) is 29.5 Å². The molecule has 0 atom stereocenters. The van der Waals surface area contributed by atoms with Gasteiger partial charge < -0.3 is 5.32 Å². The topological polar surface area (TPSA) is 52.9 Å². The Labute approximate surface area is 95.1 Å². The van der Waals surface area contributed by atoms with Crippen molar-refractivity contribution in [2.45, 2.75) is 32.6 Å². The van der Waals surface area contributed by atoms with Crippen LogP contribution in [-0.2, 0) is 17.6 Å². The van der Waals surface area contributed by atoms with E-state index < -0.39 is 0 Å². The number of carbonyl (C=O) groups is 1. The maximum absolute atomic E-state index is 11.4. The quantitative estimate of drug-likeness (QED) is 0.821. The number of nitrogens with one attached hydrogen (secondary N) is 1. The molecule has 0 unspecified atom stereocenters. The van der Waals surface area contributed by atoms with Crippen LogP contribution < -0.4 is 5.32 Å². The number of anilines is 1. The van der Waals surface area contributed by atoms with Gasteiger partial charge in [0, 0.05) is 5.69 Å². The standard InChI is InChI=1S/C13H14N2O/c1-9-7-10-3-2-4-11(10)12(8-9)15-13(16)5-6-14/h7-8H,2-5H2,1H3,(H,15,16). The monoisotopic (exact) mass is 214 g/mol. The molecule has 1 aliphatic rings. The molecular formula is C13H14N2O. The lowest BCUT2D eigenvalue weighted by Crippen LogP contribution is -2.12. The summed E-state index contributed by atoms with van der Waals surface area (Å²) < 4.78 is 0. The average Bonchev–Trinajstić information content (AvgIpc) is 2.65. The summed E-state index contributed by atoms with van der Waals surface area (Å²) in [6.07, 6.45) is 3.19. The summed E-state index contributed by atoms with van der Waals surface area (Å²) in [7, 11) is 0. The number of nitriles is 1. The van der Waals surface area contributed by atoms with Gasteiger partial charge in [0.25, 0.3) is 0 Å². The van der Waals surface area contributed by atoms with Gasteiger partial charge in [-0.3, -0.25) is 4.79 Å². The zero-order valence-corrected chi connectivity index (χ0v) is 9.34. The van der Waals surface area contributed by atoms with Crippen LogP contribution in [0, 0.1) is 18.3 Å². The van der Waals surface area contributed by atoms with Crippen LogP contribution in [0.25, 0.3) is 0 Å². The fourth-order valence-corrected chi connectivity index (χ4v) is 2.24. The van der Waals surface area contributed by atoms with Crippen LogP contribution >= 0.6 is 0 Å². The molecule has 16 heavy (non-hydrogen) atoms. The number of hydrogen-bond acceptors (Lipinski definition) is 2. The lowest BCUT2D eigenvalue weighted by Gasteiger charge is -2.10. The van der Waals surface area contributed by atoms with E-state index in [1.807, 2.05) is 19.1 Å². The molecule has 1 aromatic carbocycles. The van der Waals surface area contributed by atoms with Crippen LogP contribution in [0.2, 0.25) is 0 Å². The molecule has 0 aliphatic heterocycles. The Balaban J connectivity index is 2.28. The molecular weight excluding hydrogens is 200 g/mol. The van der Waals surface area contributed by atoms with Crippen molar-refractivity contribution in [3.63, 3.8) is 0 Å². The smallest absolute Gasteiger partial charge is 0.238 e. The van der Waals surface area contributed by atoms with E-state index in [0.717, 1.165) is 30.5 Å². The predicted octanol–water partition coefficient (Wildman–Crippen LogP) is 2.34. The molecule has 0 saturated carbocycles. The van der Waals surface area contributed by atoms with Crippen molar-refractivity contribution < 1.29 is 4.79 Å². The Kier molecular flexibility index (Phi) is 2.91. The Morgan fingerprint density at radius 3 is 3.06 bits per heavy atom. The lowest BCUT2D eigenvalue weighted by atomic mass is 10.0. The first kappa shape index (κ1) is 10.7. The van der Waals surface area contributed by atoms with Crippen LogP contribution in [0.5, 0.6) is 0 Å². The minimum absolute atomic E-state index is 0.0806. The van der Waals surface area contributed by atoms with Crippen molar-refractivity contribution in [2.24, 2.45) is 0 Å². The number of rotatable bonds is 2. The molecule has 2 rings (SSSR count). The van der Waals surface area contributed by atoms with Gasteiger partial charge in [0.1, 0.15) is 6.42 Å². The van der Waals surface area contributed by atoms with Crippen LogP contribution in [0.4, 0.5) is 5.69 Å². The summed E-state index contributed by atoms with van der Waals surface area (Å²) in [5, 5.41) is 11.3. The molecule has 0 aromatic heterocycles. The largest absolute Gasteiger partial charge is 0.325 e. The minimum Gasteiger partial charge on any atom is -0.325 e. The van der Waals surface area contributed by atoms with E-state index in [9.17, 15) is 4.79 Å². The van der Waals surface area contributed by atoms with E-state index in [1.165, 1.54) is 11.1 Å². The molecule has 1 amide bonds. The normalized spacial score (nSPS) is 13.0. The van der Waals surface area contributed by atoms with Gasteiger partial charge >= 0.3 is 0 Å². The predicted molar refractivity (Wildman–Crippen MR) is 62.1 cm³/mol. The van der Waals surface area contributed by atoms with Crippen molar-refractivity contribution in [3.8, 4) is 6.07 Å². The van der Waals surface area contributed by atoms with Gasteiger partial charge in [-0.15, -0.1) is 0 Å². The fraction of sp³-hybridized carbons (Fsp3) is 0.385. The van der Waals surface area contributed by atoms with E-state index >= 15 is 0 Å². The highest BCUT2D eigenvalue weighted by molar-refractivity contribution is 5.93. The van der Waals surface area contributed by atoms with Crippen LogP contribution in [-0.4, -0.2) is 5.91 Å². The third-order valence-corrected chi connectivity index (χ3v) is 2.87. The maximum atomic E-state index is 11.4. The molecule has 1 aromatic rings.